The van der Waals surface area contributed by atoms with Crippen LogP contribution < -0.4 is 16.0 Å². The Balaban J connectivity index is 1.98. The van der Waals surface area contributed by atoms with Gasteiger partial charge in [0.2, 0.25) is 5.13 Å². The minimum Gasteiger partial charge on any atom is -0.496 e. The van der Waals surface area contributed by atoms with Crippen molar-refractivity contribution in [2.24, 2.45) is 5.84 Å². The smallest absolute Gasteiger partial charge is 0.219 e. The van der Waals surface area contributed by atoms with Gasteiger partial charge in [0.05, 0.1) is 13.7 Å². The maximum absolute atomic E-state index is 5.34. The van der Waals surface area contributed by atoms with E-state index in [0.29, 0.717) is 5.13 Å². The first-order chi connectivity index (χ1) is 9.22. The van der Waals surface area contributed by atoms with Crippen molar-refractivity contribution in [2.75, 3.05) is 19.6 Å². The van der Waals surface area contributed by atoms with Crippen LogP contribution in [0.5, 0.6) is 5.75 Å². The number of hydrazine groups is 1. The SMILES string of the molecule is COc1ccccc1CN(C)Cc1nnc(NN)s1. The summed E-state index contributed by atoms with van der Waals surface area (Å²) in [6.07, 6.45) is 0. The minimum atomic E-state index is 0.626. The number of nitrogens with one attached hydrogen (secondary N) is 1. The van der Waals surface area contributed by atoms with E-state index in [1.54, 1.807) is 7.11 Å². The lowest BCUT2D eigenvalue weighted by Gasteiger charge is -2.16. The van der Waals surface area contributed by atoms with Gasteiger partial charge in [0, 0.05) is 12.1 Å². The van der Waals surface area contributed by atoms with Crippen molar-refractivity contribution in [3.05, 3.63) is 34.8 Å². The number of hydrogen-bond donors (Lipinski definition) is 2. The fourth-order valence-corrected chi connectivity index (χ4v) is 2.52. The van der Waals surface area contributed by atoms with Gasteiger partial charge in [-0.05, 0) is 13.1 Å². The molecule has 0 fully saturated rings. The van der Waals surface area contributed by atoms with Crippen molar-refractivity contribution in [2.45, 2.75) is 13.1 Å². The van der Waals surface area contributed by atoms with E-state index in [4.69, 9.17) is 10.6 Å². The van der Waals surface area contributed by atoms with Gasteiger partial charge in [0.1, 0.15) is 10.8 Å². The van der Waals surface area contributed by atoms with E-state index >= 15 is 0 Å². The minimum absolute atomic E-state index is 0.626. The molecule has 0 bridgehead atoms. The highest BCUT2D eigenvalue weighted by atomic mass is 32.1. The molecule has 2 aromatic rings. The van der Waals surface area contributed by atoms with Crippen molar-refractivity contribution in [1.29, 1.82) is 0 Å². The average molecular weight is 279 g/mol. The van der Waals surface area contributed by atoms with Gasteiger partial charge >= 0.3 is 0 Å². The van der Waals surface area contributed by atoms with Crippen LogP contribution in [0, 0.1) is 0 Å². The number of rotatable bonds is 6. The Kier molecular flexibility index (Phi) is 4.67. The molecule has 3 N–H and O–H groups in total. The fourth-order valence-electron chi connectivity index (χ4n) is 1.79. The summed E-state index contributed by atoms with van der Waals surface area (Å²) >= 11 is 1.45. The quantitative estimate of drug-likeness (QED) is 0.616. The molecule has 1 aromatic heterocycles. The molecular weight excluding hydrogens is 262 g/mol. The molecule has 0 unspecified atom stereocenters. The lowest BCUT2D eigenvalue weighted by molar-refractivity contribution is 0.309. The zero-order valence-corrected chi connectivity index (χ0v) is 11.8. The molecule has 0 aliphatic rings. The van der Waals surface area contributed by atoms with Crippen LogP contribution in [0.4, 0.5) is 5.13 Å². The van der Waals surface area contributed by atoms with E-state index in [-0.39, 0.29) is 0 Å². The predicted molar refractivity (Wildman–Crippen MR) is 75.9 cm³/mol. The summed E-state index contributed by atoms with van der Waals surface area (Å²) in [4.78, 5) is 2.15. The van der Waals surface area contributed by atoms with Gasteiger partial charge in [0.15, 0.2) is 0 Å². The molecule has 0 amide bonds. The first-order valence-corrected chi connectivity index (χ1v) is 6.64. The van der Waals surface area contributed by atoms with E-state index < -0.39 is 0 Å². The zero-order chi connectivity index (χ0) is 13.7. The maximum atomic E-state index is 5.34. The van der Waals surface area contributed by atoms with E-state index in [1.165, 1.54) is 11.3 Å². The number of methoxy groups -OCH3 is 1. The molecule has 0 saturated carbocycles. The van der Waals surface area contributed by atoms with Crippen LogP contribution in [-0.4, -0.2) is 29.3 Å². The molecule has 102 valence electrons. The second kappa shape index (κ2) is 6.46. The Hall–Kier alpha value is -1.70. The molecule has 7 heteroatoms. The summed E-state index contributed by atoms with van der Waals surface area (Å²) in [6, 6.07) is 7.99. The maximum Gasteiger partial charge on any atom is 0.219 e. The largest absolute Gasteiger partial charge is 0.496 e. The van der Waals surface area contributed by atoms with Gasteiger partial charge in [-0.1, -0.05) is 29.5 Å². The molecule has 1 heterocycles. The molecule has 19 heavy (non-hydrogen) atoms. The fraction of sp³-hybridized carbons (Fsp3) is 0.333. The second-order valence-corrected chi connectivity index (χ2v) is 5.19. The number of hydrogen-bond acceptors (Lipinski definition) is 7. The summed E-state index contributed by atoms with van der Waals surface area (Å²) in [6.45, 7) is 1.51. The molecule has 1 aromatic carbocycles. The van der Waals surface area contributed by atoms with Crippen molar-refractivity contribution in [1.82, 2.24) is 15.1 Å². The zero-order valence-electron chi connectivity index (χ0n) is 11.0. The van der Waals surface area contributed by atoms with Gasteiger partial charge in [-0.25, -0.2) is 5.84 Å². The number of benzene rings is 1. The van der Waals surface area contributed by atoms with Crippen LogP contribution in [0.15, 0.2) is 24.3 Å². The van der Waals surface area contributed by atoms with Crippen molar-refractivity contribution >= 4 is 16.5 Å². The monoisotopic (exact) mass is 279 g/mol. The number of nitrogen functional groups attached to an aromatic ring is 1. The summed E-state index contributed by atoms with van der Waals surface area (Å²) in [7, 11) is 3.71. The van der Waals surface area contributed by atoms with Crippen LogP contribution >= 0.6 is 11.3 Å². The van der Waals surface area contributed by atoms with E-state index in [9.17, 15) is 0 Å². The highest BCUT2D eigenvalue weighted by Gasteiger charge is 2.09. The Morgan fingerprint density at radius 1 is 1.32 bits per heavy atom. The van der Waals surface area contributed by atoms with Crippen molar-refractivity contribution in [3.8, 4) is 5.75 Å². The molecule has 6 nitrogen and oxygen atoms in total. The van der Waals surface area contributed by atoms with Crippen LogP contribution in [-0.2, 0) is 13.1 Å². The molecule has 2 rings (SSSR count). The number of ether oxygens (including phenoxy) is 1. The highest BCUT2D eigenvalue weighted by Crippen LogP contribution is 2.20. The normalized spacial score (nSPS) is 10.7. The third-order valence-electron chi connectivity index (χ3n) is 2.63. The van der Waals surface area contributed by atoms with Gasteiger partial charge in [-0.3, -0.25) is 10.3 Å². The van der Waals surface area contributed by atoms with Crippen LogP contribution in [0.1, 0.15) is 10.6 Å². The van der Waals surface area contributed by atoms with E-state index in [0.717, 1.165) is 29.4 Å². The number of aromatic nitrogens is 2. The molecule has 0 aliphatic carbocycles. The molecule has 0 radical (unpaired) electrons. The Bertz CT molecular complexity index is 530. The van der Waals surface area contributed by atoms with Gasteiger partial charge in [-0.2, -0.15) is 0 Å². The Labute approximate surface area is 116 Å². The Morgan fingerprint density at radius 3 is 2.79 bits per heavy atom. The van der Waals surface area contributed by atoms with Crippen LogP contribution in [0.3, 0.4) is 0 Å². The first kappa shape index (κ1) is 13.7. The van der Waals surface area contributed by atoms with E-state index in [1.807, 2.05) is 25.2 Å². The number of para-hydroxylation sites is 1. The van der Waals surface area contributed by atoms with Crippen molar-refractivity contribution in [3.63, 3.8) is 0 Å². The third kappa shape index (κ3) is 3.63. The summed E-state index contributed by atoms with van der Waals surface area (Å²) in [5.74, 6) is 6.18. The molecule has 0 spiro atoms. The second-order valence-electron chi connectivity index (χ2n) is 4.13. The third-order valence-corrected chi connectivity index (χ3v) is 3.47. The number of nitrogens with two attached hydrogens (primary N) is 1. The number of anilines is 1. The van der Waals surface area contributed by atoms with E-state index in [2.05, 4.69) is 26.6 Å². The Morgan fingerprint density at radius 2 is 2.11 bits per heavy atom. The van der Waals surface area contributed by atoms with Gasteiger partial charge in [-0.15, -0.1) is 10.2 Å². The lowest BCUT2D eigenvalue weighted by Crippen LogP contribution is -2.17. The summed E-state index contributed by atoms with van der Waals surface area (Å²) < 4.78 is 5.34. The van der Waals surface area contributed by atoms with Crippen molar-refractivity contribution < 1.29 is 4.74 Å². The first-order valence-electron chi connectivity index (χ1n) is 5.82. The highest BCUT2D eigenvalue weighted by molar-refractivity contribution is 7.15. The molecule has 0 saturated heterocycles. The van der Waals surface area contributed by atoms with Crippen LogP contribution in [0.25, 0.3) is 0 Å². The molecule has 0 atom stereocenters. The lowest BCUT2D eigenvalue weighted by atomic mass is 10.2. The molecular formula is C12H17N5OS. The van der Waals surface area contributed by atoms with Gasteiger partial charge in [0.25, 0.3) is 0 Å². The van der Waals surface area contributed by atoms with Crippen LogP contribution in [0.2, 0.25) is 0 Å². The standard InChI is InChI=1S/C12H17N5OS/c1-17(8-11-15-16-12(14-13)19-11)7-9-5-3-4-6-10(9)18-2/h3-6H,7-8,13H2,1-2H3,(H,14,16). The molecule has 0 aliphatic heterocycles. The average Bonchev–Trinajstić information content (AvgIpc) is 2.87. The topological polar surface area (TPSA) is 76.3 Å². The number of nitrogens with zero attached hydrogens (tertiary/aromatic N) is 3. The summed E-state index contributed by atoms with van der Waals surface area (Å²) in [5, 5.41) is 9.52. The predicted octanol–water partition coefficient (Wildman–Crippen LogP) is 1.46. The van der Waals surface area contributed by atoms with Gasteiger partial charge < -0.3 is 4.74 Å². The summed E-state index contributed by atoms with van der Waals surface area (Å²) in [5.41, 5.74) is 3.64.